The van der Waals surface area contributed by atoms with Crippen molar-refractivity contribution >= 4 is 17.5 Å². The molecule has 1 aliphatic heterocycles. The monoisotopic (exact) mass is 328 g/mol. The summed E-state index contributed by atoms with van der Waals surface area (Å²) in [7, 11) is 0. The fourth-order valence-corrected chi connectivity index (χ4v) is 3.30. The minimum atomic E-state index is 0.213. The van der Waals surface area contributed by atoms with E-state index in [4.69, 9.17) is 9.47 Å². The summed E-state index contributed by atoms with van der Waals surface area (Å²) >= 11 is 1.75. The predicted octanol–water partition coefficient (Wildman–Crippen LogP) is 4.60. The largest absolute Gasteiger partial charge is 0.490 e. The van der Waals surface area contributed by atoms with Crippen LogP contribution in [0, 0.1) is 0 Å². The first kappa shape index (κ1) is 15.9. The highest BCUT2D eigenvalue weighted by atomic mass is 32.2. The number of rotatable bonds is 6. The number of fused-ring (bicyclic) bond motifs is 1. The maximum absolute atomic E-state index is 12.0. The minimum Gasteiger partial charge on any atom is -0.490 e. The quantitative estimate of drug-likeness (QED) is 0.441. The Morgan fingerprint density at radius 1 is 1.00 bits per heavy atom. The Balaban J connectivity index is 1.47. The number of carbonyl (C=O) groups excluding carboxylic acids is 1. The van der Waals surface area contributed by atoms with E-state index in [0.717, 1.165) is 40.6 Å². The minimum absolute atomic E-state index is 0.213. The average Bonchev–Trinajstić information content (AvgIpc) is 2.84. The van der Waals surface area contributed by atoms with E-state index in [1.165, 1.54) is 0 Å². The number of Topliss-reactive ketones (excluding diaryl/α,β-unsaturated/α-hetero) is 1. The SMILES string of the molecule is O=C(CCCSc1ccc2c(c1)OCCCO2)c1ccccc1. The molecule has 2 aromatic rings. The number of carbonyl (C=O) groups is 1. The Morgan fingerprint density at radius 2 is 1.78 bits per heavy atom. The van der Waals surface area contributed by atoms with Crippen LogP contribution in [0.4, 0.5) is 0 Å². The van der Waals surface area contributed by atoms with Crippen molar-refractivity contribution < 1.29 is 14.3 Å². The molecule has 3 nitrogen and oxygen atoms in total. The molecule has 0 saturated carbocycles. The van der Waals surface area contributed by atoms with E-state index in [-0.39, 0.29) is 5.78 Å². The van der Waals surface area contributed by atoms with Gasteiger partial charge < -0.3 is 9.47 Å². The Bertz CT molecular complexity index is 655. The molecular weight excluding hydrogens is 308 g/mol. The van der Waals surface area contributed by atoms with Crippen LogP contribution < -0.4 is 9.47 Å². The van der Waals surface area contributed by atoms with Gasteiger partial charge in [0.05, 0.1) is 13.2 Å². The fraction of sp³-hybridized carbons (Fsp3) is 0.316. The molecule has 2 aromatic carbocycles. The van der Waals surface area contributed by atoms with E-state index in [9.17, 15) is 4.79 Å². The molecule has 120 valence electrons. The van der Waals surface area contributed by atoms with Gasteiger partial charge >= 0.3 is 0 Å². The summed E-state index contributed by atoms with van der Waals surface area (Å²) in [5.74, 6) is 2.78. The molecule has 0 saturated heterocycles. The number of benzene rings is 2. The predicted molar refractivity (Wildman–Crippen MR) is 92.8 cm³/mol. The van der Waals surface area contributed by atoms with Crippen molar-refractivity contribution in [2.45, 2.75) is 24.2 Å². The van der Waals surface area contributed by atoms with Crippen LogP contribution in [-0.4, -0.2) is 24.7 Å². The van der Waals surface area contributed by atoms with Crippen LogP contribution in [0.3, 0.4) is 0 Å². The van der Waals surface area contributed by atoms with Crippen LogP contribution in [0.25, 0.3) is 0 Å². The summed E-state index contributed by atoms with van der Waals surface area (Å²) in [6, 6.07) is 15.5. The van der Waals surface area contributed by atoms with Crippen molar-refractivity contribution in [3.63, 3.8) is 0 Å². The van der Waals surface area contributed by atoms with Gasteiger partial charge in [0.15, 0.2) is 17.3 Å². The van der Waals surface area contributed by atoms with Crippen molar-refractivity contribution in [1.29, 1.82) is 0 Å². The van der Waals surface area contributed by atoms with Crippen LogP contribution >= 0.6 is 11.8 Å². The van der Waals surface area contributed by atoms with Gasteiger partial charge in [-0.15, -0.1) is 11.8 Å². The Labute approximate surface area is 141 Å². The lowest BCUT2D eigenvalue weighted by atomic mass is 10.1. The molecule has 23 heavy (non-hydrogen) atoms. The van der Waals surface area contributed by atoms with E-state index in [1.54, 1.807) is 11.8 Å². The van der Waals surface area contributed by atoms with Crippen molar-refractivity contribution in [1.82, 2.24) is 0 Å². The first-order valence-corrected chi connectivity index (χ1v) is 8.92. The molecule has 0 fully saturated rings. The highest BCUT2D eigenvalue weighted by Crippen LogP contribution is 2.34. The van der Waals surface area contributed by atoms with E-state index >= 15 is 0 Å². The molecule has 0 aliphatic carbocycles. The highest BCUT2D eigenvalue weighted by Gasteiger charge is 2.11. The van der Waals surface area contributed by atoms with Crippen molar-refractivity contribution in [2.24, 2.45) is 0 Å². The van der Waals surface area contributed by atoms with Gasteiger partial charge in [-0.2, -0.15) is 0 Å². The zero-order valence-corrected chi connectivity index (χ0v) is 13.8. The van der Waals surface area contributed by atoms with Gasteiger partial charge in [0.2, 0.25) is 0 Å². The third-order valence-electron chi connectivity index (χ3n) is 3.63. The lowest BCUT2D eigenvalue weighted by Gasteiger charge is -2.09. The Kier molecular flexibility index (Phi) is 5.59. The van der Waals surface area contributed by atoms with Crippen LogP contribution in [0.1, 0.15) is 29.6 Å². The molecule has 0 aromatic heterocycles. The van der Waals surface area contributed by atoms with E-state index in [1.807, 2.05) is 42.5 Å². The summed E-state index contributed by atoms with van der Waals surface area (Å²) in [4.78, 5) is 13.2. The summed E-state index contributed by atoms with van der Waals surface area (Å²) in [6.07, 6.45) is 2.37. The van der Waals surface area contributed by atoms with Crippen LogP contribution in [-0.2, 0) is 0 Å². The average molecular weight is 328 g/mol. The van der Waals surface area contributed by atoms with Crippen molar-refractivity contribution in [3.8, 4) is 11.5 Å². The van der Waals surface area contributed by atoms with Gasteiger partial charge in [0.25, 0.3) is 0 Å². The van der Waals surface area contributed by atoms with Gasteiger partial charge in [-0.25, -0.2) is 0 Å². The van der Waals surface area contributed by atoms with Crippen LogP contribution in [0.5, 0.6) is 11.5 Å². The molecule has 4 heteroatoms. The summed E-state index contributed by atoms with van der Waals surface area (Å²) in [5, 5.41) is 0. The van der Waals surface area contributed by atoms with Gasteiger partial charge in [-0.3, -0.25) is 4.79 Å². The van der Waals surface area contributed by atoms with Gasteiger partial charge in [0, 0.05) is 23.3 Å². The molecule has 3 rings (SSSR count). The first-order valence-electron chi connectivity index (χ1n) is 7.93. The number of ether oxygens (including phenoxy) is 2. The maximum atomic E-state index is 12.0. The van der Waals surface area contributed by atoms with Crippen LogP contribution in [0.2, 0.25) is 0 Å². The molecule has 0 amide bonds. The molecule has 0 unspecified atom stereocenters. The topological polar surface area (TPSA) is 35.5 Å². The first-order chi connectivity index (χ1) is 11.3. The number of hydrogen-bond acceptors (Lipinski definition) is 4. The second kappa shape index (κ2) is 8.06. The lowest BCUT2D eigenvalue weighted by molar-refractivity contribution is 0.0982. The van der Waals surface area contributed by atoms with Gasteiger partial charge in [-0.05, 0) is 30.4 Å². The maximum Gasteiger partial charge on any atom is 0.162 e. The molecule has 0 radical (unpaired) electrons. The molecular formula is C19H20O3S. The number of hydrogen-bond donors (Lipinski definition) is 0. The third-order valence-corrected chi connectivity index (χ3v) is 4.71. The van der Waals surface area contributed by atoms with Gasteiger partial charge in [-0.1, -0.05) is 30.3 Å². The Hall–Kier alpha value is -1.94. The highest BCUT2D eigenvalue weighted by molar-refractivity contribution is 7.99. The van der Waals surface area contributed by atoms with Gasteiger partial charge in [0.1, 0.15) is 0 Å². The van der Waals surface area contributed by atoms with Crippen molar-refractivity contribution in [3.05, 3.63) is 54.1 Å². The smallest absolute Gasteiger partial charge is 0.162 e. The van der Waals surface area contributed by atoms with E-state index in [0.29, 0.717) is 19.6 Å². The van der Waals surface area contributed by atoms with Crippen molar-refractivity contribution in [2.75, 3.05) is 19.0 Å². The summed E-state index contributed by atoms with van der Waals surface area (Å²) < 4.78 is 11.3. The summed E-state index contributed by atoms with van der Waals surface area (Å²) in [5.41, 5.74) is 0.799. The molecule has 0 spiro atoms. The number of thioether (sulfide) groups is 1. The van der Waals surface area contributed by atoms with Crippen LogP contribution in [0.15, 0.2) is 53.4 Å². The van der Waals surface area contributed by atoms with E-state index < -0.39 is 0 Å². The molecule has 1 heterocycles. The second-order valence-electron chi connectivity index (χ2n) is 5.40. The second-order valence-corrected chi connectivity index (χ2v) is 6.57. The molecule has 0 atom stereocenters. The Morgan fingerprint density at radius 3 is 2.61 bits per heavy atom. The third kappa shape index (κ3) is 4.52. The number of ketones is 1. The molecule has 1 aliphatic rings. The zero-order valence-electron chi connectivity index (χ0n) is 13.0. The molecule has 0 N–H and O–H groups in total. The normalized spacial score (nSPS) is 13.4. The standard InChI is InChI=1S/C19H20O3S/c20-17(15-6-2-1-3-7-15)8-4-13-23-16-9-10-18-19(14-16)22-12-5-11-21-18/h1-3,6-7,9-10,14H,4-5,8,11-13H2. The summed E-state index contributed by atoms with van der Waals surface area (Å²) in [6.45, 7) is 1.41. The molecule has 0 bridgehead atoms. The zero-order chi connectivity index (χ0) is 15.9. The lowest BCUT2D eigenvalue weighted by Crippen LogP contribution is -1.99. The fourth-order valence-electron chi connectivity index (χ4n) is 2.42. The van der Waals surface area contributed by atoms with E-state index in [2.05, 4.69) is 6.07 Å².